The number of aromatic nitrogens is 1. The molecule has 4 nitrogen and oxygen atoms in total. The minimum Gasteiger partial charge on any atom is -0.338 e. The van der Waals surface area contributed by atoms with E-state index < -0.39 is 0 Å². The van der Waals surface area contributed by atoms with Crippen LogP contribution < -0.4 is 5.32 Å². The van der Waals surface area contributed by atoms with Crippen molar-refractivity contribution < 1.29 is 9.18 Å². The van der Waals surface area contributed by atoms with Crippen LogP contribution in [-0.4, -0.2) is 42.0 Å². The first-order chi connectivity index (χ1) is 11.1. The van der Waals surface area contributed by atoms with E-state index in [0.29, 0.717) is 10.9 Å². The van der Waals surface area contributed by atoms with Crippen LogP contribution in [0.1, 0.15) is 28.2 Å². The summed E-state index contributed by atoms with van der Waals surface area (Å²) in [7, 11) is 1.96. The van der Waals surface area contributed by atoms with Gasteiger partial charge < -0.3 is 10.2 Å². The van der Waals surface area contributed by atoms with Crippen LogP contribution in [0.3, 0.4) is 0 Å². The average Bonchev–Trinajstić information content (AvgIpc) is 2.96. The molecule has 0 atom stereocenters. The maximum atomic E-state index is 13.0. The van der Waals surface area contributed by atoms with Crippen molar-refractivity contribution >= 4 is 17.2 Å². The molecule has 23 heavy (non-hydrogen) atoms. The fourth-order valence-corrected chi connectivity index (χ4v) is 3.87. The van der Waals surface area contributed by atoms with Crippen LogP contribution >= 0.6 is 11.3 Å². The van der Waals surface area contributed by atoms with Crippen molar-refractivity contribution in [2.45, 2.75) is 25.8 Å². The number of benzene rings is 1. The number of carbonyl (C=O) groups excluding carboxylic acids is 1. The van der Waals surface area contributed by atoms with Crippen LogP contribution in [0.25, 0.3) is 10.6 Å². The molecule has 0 spiro atoms. The topological polar surface area (TPSA) is 45.2 Å². The van der Waals surface area contributed by atoms with Crippen LogP contribution in [-0.2, 0) is 0 Å². The molecule has 2 heterocycles. The zero-order valence-electron chi connectivity index (χ0n) is 13.3. The second kappa shape index (κ2) is 6.76. The molecule has 1 aromatic carbocycles. The molecule has 0 bridgehead atoms. The molecule has 1 amide bonds. The molecule has 3 rings (SSSR count). The Bertz CT molecular complexity index is 690. The number of carbonyl (C=O) groups is 1. The summed E-state index contributed by atoms with van der Waals surface area (Å²) in [4.78, 5) is 19.8. The maximum absolute atomic E-state index is 13.0. The Kier molecular flexibility index (Phi) is 4.73. The number of piperidine rings is 1. The summed E-state index contributed by atoms with van der Waals surface area (Å²) in [5.41, 5.74) is 1.59. The highest BCUT2D eigenvalue weighted by molar-refractivity contribution is 7.17. The minimum atomic E-state index is -0.272. The Labute approximate surface area is 139 Å². The van der Waals surface area contributed by atoms with Crippen molar-refractivity contribution in [3.63, 3.8) is 0 Å². The highest BCUT2D eigenvalue weighted by Crippen LogP contribution is 2.29. The van der Waals surface area contributed by atoms with Gasteiger partial charge in [-0.1, -0.05) is 0 Å². The van der Waals surface area contributed by atoms with Crippen molar-refractivity contribution in [3.05, 3.63) is 40.7 Å². The third-order valence-corrected chi connectivity index (χ3v) is 5.47. The fourth-order valence-electron chi connectivity index (χ4n) is 2.83. The largest absolute Gasteiger partial charge is 0.338 e. The molecular formula is C17H20FN3OS. The number of thiazole rings is 1. The van der Waals surface area contributed by atoms with Crippen LogP contribution in [0.2, 0.25) is 0 Å². The van der Waals surface area contributed by atoms with Crippen LogP contribution in [0.5, 0.6) is 0 Å². The highest BCUT2D eigenvalue weighted by atomic mass is 32.1. The van der Waals surface area contributed by atoms with E-state index in [9.17, 15) is 9.18 Å². The molecule has 1 aliphatic heterocycles. The average molecular weight is 333 g/mol. The first-order valence-electron chi connectivity index (χ1n) is 7.78. The number of halogens is 1. The summed E-state index contributed by atoms with van der Waals surface area (Å²) in [5, 5.41) is 4.03. The highest BCUT2D eigenvalue weighted by Gasteiger charge is 2.26. The van der Waals surface area contributed by atoms with E-state index in [1.807, 2.05) is 18.9 Å². The van der Waals surface area contributed by atoms with Crippen molar-refractivity contribution in [2.75, 3.05) is 20.1 Å². The predicted octanol–water partition coefficient (Wildman–Crippen LogP) is 3.08. The zero-order chi connectivity index (χ0) is 16.4. The summed E-state index contributed by atoms with van der Waals surface area (Å²) in [5.74, 6) is -0.214. The number of nitrogens with one attached hydrogen (secondary N) is 1. The molecule has 6 heteroatoms. The van der Waals surface area contributed by atoms with Gasteiger partial charge >= 0.3 is 0 Å². The molecular weight excluding hydrogens is 313 g/mol. The summed E-state index contributed by atoms with van der Waals surface area (Å²) in [6.45, 7) is 3.40. The zero-order valence-corrected chi connectivity index (χ0v) is 14.1. The standard InChI is InChI=1S/C17H20FN3OS/c1-11-15(17(22)21-9-7-14(19-2)8-10-21)23-16(20-11)12-3-5-13(18)6-4-12/h3-6,14,19H,7-10H2,1-2H3. The third kappa shape index (κ3) is 3.43. The monoisotopic (exact) mass is 333 g/mol. The lowest BCUT2D eigenvalue weighted by Crippen LogP contribution is -2.43. The minimum absolute atomic E-state index is 0.0583. The van der Waals surface area contributed by atoms with Crippen molar-refractivity contribution in [3.8, 4) is 10.6 Å². The summed E-state index contributed by atoms with van der Waals surface area (Å²) in [6, 6.07) is 6.71. The Morgan fingerprint density at radius 3 is 2.57 bits per heavy atom. The van der Waals surface area contributed by atoms with Gasteiger partial charge in [0.2, 0.25) is 0 Å². The van der Waals surface area contributed by atoms with Gasteiger partial charge in [-0.15, -0.1) is 11.3 Å². The van der Waals surface area contributed by atoms with Gasteiger partial charge in [0.25, 0.3) is 5.91 Å². The third-order valence-electron chi connectivity index (χ3n) is 4.27. The lowest BCUT2D eigenvalue weighted by molar-refractivity contribution is 0.0711. The second-order valence-electron chi connectivity index (χ2n) is 5.80. The van der Waals surface area contributed by atoms with Crippen molar-refractivity contribution in [1.82, 2.24) is 15.2 Å². The SMILES string of the molecule is CNC1CCN(C(=O)c2sc(-c3ccc(F)cc3)nc2C)CC1. The molecule has 0 aliphatic carbocycles. The Morgan fingerprint density at radius 1 is 1.30 bits per heavy atom. The van der Waals surface area contributed by atoms with Gasteiger partial charge in [0.15, 0.2) is 0 Å². The lowest BCUT2D eigenvalue weighted by Gasteiger charge is -2.31. The smallest absolute Gasteiger partial charge is 0.265 e. The molecule has 2 aromatic rings. The normalized spacial score (nSPS) is 15.9. The number of nitrogens with zero attached hydrogens (tertiary/aromatic N) is 2. The molecule has 1 aliphatic rings. The van der Waals surface area contributed by atoms with E-state index in [1.54, 1.807) is 12.1 Å². The first kappa shape index (κ1) is 16.1. The Hall–Kier alpha value is -1.79. The van der Waals surface area contributed by atoms with Crippen LogP contribution in [0.15, 0.2) is 24.3 Å². The van der Waals surface area contributed by atoms with E-state index >= 15 is 0 Å². The van der Waals surface area contributed by atoms with E-state index in [0.717, 1.165) is 42.2 Å². The van der Waals surface area contributed by atoms with Crippen molar-refractivity contribution in [1.29, 1.82) is 0 Å². The number of likely N-dealkylation sites (tertiary alicyclic amines) is 1. The summed E-state index contributed by atoms with van der Waals surface area (Å²) < 4.78 is 13.0. The molecule has 0 saturated carbocycles. The second-order valence-corrected chi connectivity index (χ2v) is 6.79. The van der Waals surface area contributed by atoms with E-state index in [2.05, 4.69) is 10.3 Å². The van der Waals surface area contributed by atoms with E-state index in [4.69, 9.17) is 0 Å². The van der Waals surface area contributed by atoms with Gasteiger partial charge in [0.1, 0.15) is 15.7 Å². The van der Waals surface area contributed by atoms with E-state index in [1.165, 1.54) is 23.5 Å². The first-order valence-corrected chi connectivity index (χ1v) is 8.60. The fraction of sp³-hybridized carbons (Fsp3) is 0.412. The predicted molar refractivity (Wildman–Crippen MR) is 90.2 cm³/mol. The Balaban J connectivity index is 1.78. The number of aryl methyl sites for hydroxylation is 1. The summed E-state index contributed by atoms with van der Waals surface area (Å²) >= 11 is 1.39. The van der Waals surface area contributed by atoms with Gasteiger partial charge in [0, 0.05) is 24.7 Å². The summed E-state index contributed by atoms with van der Waals surface area (Å²) in [6.07, 6.45) is 1.95. The quantitative estimate of drug-likeness (QED) is 0.939. The molecule has 1 saturated heterocycles. The molecule has 0 radical (unpaired) electrons. The van der Waals surface area contributed by atoms with Gasteiger partial charge in [-0.25, -0.2) is 9.37 Å². The molecule has 0 unspecified atom stereocenters. The van der Waals surface area contributed by atoms with E-state index in [-0.39, 0.29) is 11.7 Å². The van der Waals surface area contributed by atoms with Gasteiger partial charge in [-0.3, -0.25) is 4.79 Å². The van der Waals surface area contributed by atoms with Crippen LogP contribution in [0, 0.1) is 12.7 Å². The number of rotatable bonds is 3. The number of amides is 1. The lowest BCUT2D eigenvalue weighted by atomic mass is 10.1. The number of hydrogen-bond acceptors (Lipinski definition) is 4. The van der Waals surface area contributed by atoms with Crippen LogP contribution in [0.4, 0.5) is 4.39 Å². The number of hydrogen-bond donors (Lipinski definition) is 1. The molecule has 122 valence electrons. The van der Waals surface area contributed by atoms with Crippen molar-refractivity contribution in [2.24, 2.45) is 0 Å². The molecule has 1 fully saturated rings. The maximum Gasteiger partial charge on any atom is 0.265 e. The molecule has 1 N–H and O–H groups in total. The Morgan fingerprint density at radius 2 is 1.96 bits per heavy atom. The van der Waals surface area contributed by atoms with Gasteiger partial charge in [0.05, 0.1) is 5.69 Å². The van der Waals surface area contributed by atoms with Gasteiger partial charge in [-0.05, 0) is 51.1 Å². The molecule has 1 aromatic heterocycles. The van der Waals surface area contributed by atoms with Gasteiger partial charge in [-0.2, -0.15) is 0 Å².